The smallest absolute Gasteiger partial charge is 0.231 e. The van der Waals surface area contributed by atoms with Crippen LogP contribution in [0.1, 0.15) is 0 Å². The normalized spacial score (nSPS) is 13.1. The zero-order valence-electron chi connectivity index (χ0n) is 8.07. The Kier molecular flexibility index (Phi) is 2.15. The number of rotatable bonds is 1. The first-order valence-corrected chi connectivity index (χ1v) is 5.74. The molecule has 0 spiro atoms. The highest BCUT2D eigenvalue weighted by Crippen LogP contribution is 2.43. The van der Waals surface area contributed by atoms with E-state index in [0.717, 1.165) is 10.4 Å². The molecule has 0 aliphatic carbocycles. The van der Waals surface area contributed by atoms with Gasteiger partial charge < -0.3 is 15.2 Å². The molecule has 2 heterocycles. The number of benzene rings is 1. The average molecular weight is 255 g/mol. The van der Waals surface area contributed by atoms with Crippen LogP contribution in [0.3, 0.4) is 0 Å². The van der Waals surface area contributed by atoms with Crippen LogP contribution in [0, 0.1) is 0 Å². The molecule has 0 fully saturated rings. The van der Waals surface area contributed by atoms with Crippen LogP contribution in [0.25, 0.3) is 10.4 Å². The Bertz CT molecular complexity index is 556. The Labute approximate surface area is 101 Å². The van der Waals surface area contributed by atoms with Gasteiger partial charge in [0.2, 0.25) is 6.79 Å². The second kappa shape index (κ2) is 3.54. The van der Waals surface area contributed by atoms with E-state index in [-0.39, 0.29) is 6.79 Å². The third-order valence-corrected chi connectivity index (χ3v) is 3.39. The number of ether oxygens (including phenoxy) is 2. The molecule has 4 nitrogen and oxygen atoms in total. The van der Waals surface area contributed by atoms with Crippen molar-refractivity contribution in [1.29, 1.82) is 0 Å². The fraction of sp³-hybridized carbons (Fsp3) is 0.100. The van der Waals surface area contributed by atoms with E-state index < -0.39 is 0 Å². The molecule has 1 aliphatic rings. The molecule has 1 aromatic heterocycles. The minimum atomic E-state index is 0.212. The molecule has 16 heavy (non-hydrogen) atoms. The first-order valence-electron chi connectivity index (χ1n) is 4.55. The van der Waals surface area contributed by atoms with Crippen molar-refractivity contribution in [3.63, 3.8) is 0 Å². The summed E-state index contributed by atoms with van der Waals surface area (Å²) < 4.78 is 10.5. The topological polar surface area (TPSA) is 57.4 Å². The van der Waals surface area contributed by atoms with Crippen LogP contribution < -0.4 is 15.2 Å². The van der Waals surface area contributed by atoms with Crippen LogP contribution in [0.2, 0.25) is 5.02 Å². The Hall–Kier alpha value is -1.46. The molecular formula is C10H7ClN2O2S. The van der Waals surface area contributed by atoms with Gasteiger partial charge in [-0.15, -0.1) is 0 Å². The first-order chi connectivity index (χ1) is 7.74. The highest BCUT2D eigenvalue weighted by Gasteiger charge is 2.19. The van der Waals surface area contributed by atoms with Crippen molar-refractivity contribution in [1.82, 2.24) is 4.98 Å². The molecular weight excluding hydrogens is 248 g/mol. The van der Waals surface area contributed by atoms with Gasteiger partial charge in [0.15, 0.2) is 16.6 Å². The number of thiazole rings is 1. The van der Waals surface area contributed by atoms with Crippen molar-refractivity contribution in [3.05, 3.63) is 23.4 Å². The van der Waals surface area contributed by atoms with Gasteiger partial charge in [0, 0.05) is 6.20 Å². The van der Waals surface area contributed by atoms with Crippen molar-refractivity contribution in [2.75, 3.05) is 12.5 Å². The van der Waals surface area contributed by atoms with Crippen LogP contribution in [0.15, 0.2) is 18.3 Å². The van der Waals surface area contributed by atoms with Crippen LogP contribution in [-0.2, 0) is 0 Å². The zero-order valence-corrected chi connectivity index (χ0v) is 9.64. The third kappa shape index (κ3) is 1.48. The van der Waals surface area contributed by atoms with Crippen LogP contribution >= 0.6 is 22.9 Å². The molecule has 0 amide bonds. The maximum absolute atomic E-state index is 6.08. The number of hydrogen-bond donors (Lipinski definition) is 1. The molecule has 2 N–H and O–H groups in total. The number of aromatic nitrogens is 1. The standard InChI is InChI=1S/C10H7ClN2O2S/c11-6-1-5(8-3-13-10(12)16-8)2-7-9(6)15-4-14-7/h1-3H,4H2,(H2,12,13). The summed E-state index contributed by atoms with van der Waals surface area (Å²) in [5.41, 5.74) is 6.52. The lowest BCUT2D eigenvalue weighted by Crippen LogP contribution is -1.93. The van der Waals surface area contributed by atoms with Gasteiger partial charge in [-0.3, -0.25) is 0 Å². The van der Waals surface area contributed by atoms with Crippen LogP contribution in [0.5, 0.6) is 11.5 Å². The fourth-order valence-corrected chi connectivity index (χ4v) is 2.47. The number of halogens is 1. The van der Waals surface area contributed by atoms with Crippen molar-refractivity contribution >= 4 is 28.1 Å². The van der Waals surface area contributed by atoms with Gasteiger partial charge in [0.1, 0.15) is 0 Å². The molecule has 0 atom stereocenters. The molecule has 6 heteroatoms. The van der Waals surface area contributed by atoms with E-state index in [1.54, 1.807) is 6.20 Å². The van der Waals surface area contributed by atoms with E-state index >= 15 is 0 Å². The number of hydrogen-bond acceptors (Lipinski definition) is 5. The molecule has 3 rings (SSSR count). The molecule has 82 valence electrons. The molecule has 0 radical (unpaired) electrons. The predicted molar refractivity (Wildman–Crippen MR) is 63.1 cm³/mol. The molecule has 0 saturated carbocycles. The van der Waals surface area contributed by atoms with E-state index in [4.69, 9.17) is 26.8 Å². The van der Waals surface area contributed by atoms with Crippen molar-refractivity contribution in [3.8, 4) is 21.9 Å². The van der Waals surface area contributed by atoms with E-state index in [2.05, 4.69) is 4.98 Å². The quantitative estimate of drug-likeness (QED) is 0.850. The summed E-state index contributed by atoms with van der Waals surface area (Å²) in [6.07, 6.45) is 1.72. The Morgan fingerprint density at radius 3 is 3.00 bits per heavy atom. The van der Waals surface area contributed by atoms with Gasteiger partial charge in [0.05, 0.1) is 9.90 Å². The van der Waals surface area contributed by atoms with Gasteiger partial charge in [0.25, 0.3) is 0 Å². The summed E-state index contributed by atoms with van der Waals surface area (Å²) in [4.78, 5) is 4.95. The van der Waals surface area contributed by atoms with Gasteiger partial charge in [-0.05, 0) is 17.7 Å². The molecule has 1 aliphatic heterocycles. The lowest BCUT2D eigenvalue weighted by atomic mass is 10.2. The lowest BCUT2D eigenvalue weighted by Gasteiger charge is -2.02. The Morgan fingerprint density at radius 1 is 1.38 bits per heavy atom. The minimum Gasteiger partial charge on any atom is -0.454 e. The molecule has 0 saturated heterocycles. The maximum Gasteiger partial charge on any atom is 0.231 e. The van der Waals surface area contributed by atoms with E-state index in [1.807, 2.05) is 12.1 Å². The predicted octanol–water partition coefficient (Wildman–Crippen LogP) is 2.77. The van der Waals surface area contributed by atoms with Crippen molar-refractivity contribution in [2.24, 2.45) is 0 Å². The number of nitrogen functional groups attached to an aromatic ring is 1. The maximum atomic E-state index is 6.08. The first kappa shape index (κ1) is 9.74. The second-order valence-corrected chi connectivity index (χ2v) is 4.72. The summed E-state index contributed by atoms with van der Waals surface area (Å²) in [6, 6.07) is 3.70. The summed E-state index contributed by atoms with van der Waals surface area (Å²) >= 11 is 7.49. The Balaban J connectivity index is 2.12. The minimum absolute atomic E-state index is 0.212. The van der Waals surface area contributed by atoms with E-state index in [1.165, 1.54) is 11.3 Å². The second-order valence-electron chi connectivity index (χ2n) is 3.25. The van der Waals surface area contributed by atoms with Crippen molar-refractivity contribution in [2.45, 2.75) is 0 Å². The third-order valence-electron chi connectivity index (χ3n) is 2.24. The average Bonchev–Trinajstić information content (AvgIpc) is 2.85. The monoisotopic (exact) mass is 254 g/mol. The zero-order chi connectivity index (χ0) is 11.1. The fourth-order valence-electron chi connectivity index (χ4n) is 1.53. The lowest BCUT2D eigenvalue weighted by molar-refractivity contribution is 0.174. The molecule has 0 bridgehead atoms. The highest BCUT2D eigenvalue weighted by molar-refractivity contribution is 7.18. The highest BCUT2D eigenvalue weighted by atomic mass is 35.5. The van der Waals surface area contributed by atoms with Gasteiger partial charge in [-0.2, -0.15) is 0 Å². The molecule has 1 aromatic carbocycles. The van der Waals surface area contributed by atoms with Crippen LogP contribution in [-0.4, -0.2) is 11.8 Å². The van der Waals surface area contributed by atoms with E-state index in [0.29, 0.717) is 21.7 Å². The summed E-state index contributed by atoms with van der Waals surface area (Å²) in [5, 5.41) is 1.07. The summed E-state index contributed by atoms with van der Waals surface area (Å²) in [6.45, 7) is 0.212. The number of nitrogens with two attached hydrogens (primary N) is 1. The summed E-state index contributed by atoms with van der Waals surface area (Å²) in [5.74, 6) is 1.26. The van der Waals surface area contributed by atoms with E-state index in [9.17, 15) is 0 Å². The van der Waals surface area contributed by atoms with Gasteiger partial charge in [-0.25, -0.2) is 4.98 Å². The van der Waals surface area contributed by atoms with Gasteiger partial charge >= 0.3 is 0 Å². The number of fused-ring (bicyclic) bond motifs is 1. The molecule has 0 unspecified atom stereocenters. The largest absolute Gasteiger partial charge is 0.454 e. The number of nitrogens with zero attached hydrogens (tertiary/aromatic N) is 1. The molecule has 2 aromatic rings. The Morgan fingerprint density at radius 2 is 2.25 bits per heavy atom. The summed E-state index contributed by atoms with van der Waals surface area (Å²) in [7, 11) is 0. The van der Waals surface area contributed by atoms with Crippen LogP contribution in [0.4, 0.5) is 5.13 Å². The van der Waals surface area contributed by atoms with Gasteiger partial charge in [-0.1, -0.05) is 22.9 Å². The van der Waals surface area contributed by atoms with Crippen molar-refractivity contribution < 1.29 is 9.47 Å². The number of anilines is 1. The SMILES string of the molecule is Nc1ncc(-c2cc(Cl)c3c(c2)OCO3)s1.